The molecule has 0 spiro atoms. The van der Waals surface area contributed by atoms with E-state index in [0.29, 0.717) is 5.75 Å². The van der Waals surface area contributed by atoms with Crippen molar-refractivity contribution < 1.29 is 4.74 Å². The van der Waals surface area contributed by atoms with Crippen molar-refractivity contribution in [1.29, 1.82) is 0 Å². The first-order valence-electron chi connectivity index (χ1n) is 7.86. The minimum atomic E-state index is -0.677. The first-order chi connectivity index (χ1) is 12.0. The van der Waals surface area contributed by atoms with Crippen LogP contribution in [0.2, 0.25) is 0 Å². The molecule has 25 heavy (non-hydrogen) atoms. The molecule has 1 aromatic carbocycles. The third kappa shape index (κ3) is 3.88. The highest BCUT2D eigenvalue weighted by Gasteiger charge is 2.14. The number of hydrogen-bond donors (Lipinski definition) is 0. The maximum atomic E-state index is 12.4. The molecule has 0 radical (unpaired) electrons. The van der Waals surface area contributed by atoms with E-state index in [1.54, 1.807) is 0 Å². The molecule has 0 unspecified atom stereocenters. The van der Waals surface area contributed by atoms with E-state index in [9.17, 15) is 14.4 Å². The number of aryl methyl sites for hydroxylation is 1. The summed E-state index contributed by atoms with van der Waals surface area (Å²) >= 11 is 0. The Hall–Kier alpha value is -3.09. The lowest BCUT2D eigenvalue weighted by atomic mass is 10.2. The van der Waals surface area contributed by atoms with Gasteiger partial charge >= 0.3 is 17.1 Å². The molecule has 132 valence electrons. The summed E-state index contributed by atoms with van der Waals surface area (Å²) in [6.45, 7) is 9.18. The monoisotopic (exact) mass is 343 g/mol. The topological polar surface area (TPSA) is 75.2 Å². The Morgan fingerprint density at radius 3 is 1.96 bits per heavy atom. The normalized spacial score (nSPS) is 10.4. The van der Waals surface area contributed by atoms with Gasteiger partial charge in [-0.15, -0.1) is 13.2 Å². The Bertz CT molecular complexity index is 902. The second-order valence-corrected chi connectivity index (χ2v) is 5.41. The van der Waals surface area contributed by atoms with E-state index in [2.05, 4.69) is 13.2 Å². The molecule has 0 bridgehead atoms. The molecule has 7 nitrogen and oxygen atoms in total. The van der Waals surface area contributed by atoms with Gasteiger partial charge < -0.3 is 4.74 Å². The van der Waals surface area contributed by atoms with Crippen molar-refractivity contribution in [3.05, 3.63) is 86.6 Å². The third-order valence-electron chi connectivity index (χ3n) is 3.67. The fourth-order valence-electron chi connectivity index (χ4n) is 2.41. The molecule has 2 aromatic rings. The second-order valence-electron chi connectivity index (χ2n) is 5.41. The molecule has 1 aromatic heterocycles. The number of benzene rings is 1. The van der Waals surface area contributed by atoms with E-state index < -0.39 is 17.1 Å². The Kier molecular flexibility index (Phi) is 5.94. The highest BCUT2D eigenvalue weighted by Crippen LogP contribution is 2.15. The van der Waals surface area contributed by atoms with E-state index in [1.165, 1.54) is 12.2 Å². The molecule has 0 aliphatic rings. The van der Waals surface area contributed by atoms with E-state index in [4.69, 9.17) is 4.74 Å². The molecular weight excluding hydrogens is 322 g/mol. The number of hydrogen-bond acceptors (Lipinski definition) is 4. The summed E-state index contributed by atoms with van der Waals surface area (Å²) in [5.41, 5.74) is -1.08. The predicted molar refractivity (Wildman–Crippen MR) is 96.3 cm³/mol. The van der Waals surface area contributed by atoms with Gasteiger partial charge in [-0.2, -0.15) is 0 Å². The first-order valence-corrected chi connectivity index (χ1v) is 7.86. The SMILES string of the molecule is C=CCn1c(=O)n(CC=C)c(=O)n(CCOc2ccccc2C)c1=O. The van der Waals surface area contributed by atoms with Crippen LogP contribution in [0.4, 0.5) is 0 Å². The van der Waals surface area contributed by atoms with Gasteiger partial charge in [0, 0.05) is 0 Å². The molecule has 0 amide bonds. The van der Waals surface area contributed by atoms with Crippen molar-refractivity contribution >= 4 is 0 Å². The maximum Gasteiger partial charge on any atom is 0.336 e. The van der Waals surface area contributed by atoms with E-state index in [-0.39, 0.29) is 26.2 Å². The summed E-state index contributed by atoms with van der Waals surface area (Å²) in [4.78, 5) is 37.2. The Labute approximate surface area is 144 Å². The predicted octanol–water partition coefficient (Wildman–Crippen LogP) is 0.931. The molecule has 7 heteroatoms. The smallest absolute Gasteiger partial charge is 0.336 e. The number of nitrogens with zero attached hydrogens (tertiary/aromatic N) is 3. The summed E-state index contributed by atoms with van der Waals surface area (Å²) in [6, 6.07) is 7.46. The minimum Gasteiger partial charge on any atom is -0.491 e. The summed E-state index contributed by atoms with van der Waals surface area (Å²) in [5.74, 6) is 0.682. The van der Waals surface area contributed by atoms with Crippen LogP contribution in [-0.2, 0) is 19.6 Å². The summed E-state index contributed by atoms with van der Waals surface area (Å²) in [5, 5.41) is 0. The average molecular weight is 343 g/mol. The Morgan fingerprint density at radius 1 is 0.920 bits per heavy atom. The van der Waals surface area contributed by atoms with Crippen molar-refractivity contribution in [3.8, 4) is 5.75 Å². The fraction of sp³-hybridized carbons (Fsp3) is 0.278. The number of aromatic nitrogens is 3. The van der Waals surface area contributed by atoms with E-state index in [1.807, 2.05) is 31.2 Å². The van der Waals surface area contributed by atoms with E-state index in [0.717, 1.165) is 19.3 Å². The molecule has 0 saturated carbocycles. The van der Waals surface area contributed by atoms with Gasteiger partial charge in [0.2, 0.25) is 0 Å². The van der Waals surface area contributed by atoms with Crippen LogP contribution >= 0.6 is 0 Å². The van der Waals surface area contributed by atoms with Gasteiger partial charge in [-0.3, -0.25) is 0 Å². The first kappa shape index (κ1) is 18.3. The summed E-state index contributed by atoms with van der Waals surface area (Å²) in [6.07, 6.45) is 2.86. The second kappa shape index (κ2) is 8.14. The van der Waals surface area contributed by atoms with Crippen LogP contribution in [0.1, 0.15) is 5.56 Å². The number of allylic oxidation sites excluding steroid dienone is 2. The zero-order chi connectivity index (χ0) is 18.4. The maximum absolute atomic E-state index is 12.4. The van der Waals surface area contributed by atoms with Crippen molar-refractivity contribution in [1.82, 2.24) is 13.7 Å². The fourth-order valence-corrected chi connectivity index (χ4v) is 2.41. The average Bonchev–Trinajstić information content (AvgIpc) is 2.60. The molecule has 0 fully saturated rings. The molecule has 0 N–H and O–H groups in total. The number of ether oxygens (including phenoxy) is 1. The third-order valence-corrected chi connectivity index (χ3v) is 3.67. The zero-order valence-corrected chi connectivity index (χ0v) is 14.2. The minimum absolute atomic E-state index is 0.0216. The van der Waals surface area contributed by atoms with Gasteiger partial charge in [0.05, 0.1) is 19.6 Å². The van der Waals surface area contributed by atoms with Crippen molar-refractivity contribution in [2.45, 2.75) is 26.6 Å². The Morgan fingerprint density at radius 2 is 1.44 bits per heavy atom. The van der Waals surface area contributed by atoms with Crippen LogP contribution in [0.5, 0.6) is 5.75 Å². The van der Waals surface area contributed by atoms with Crippen molar-refractivity contribution in [3.63, 3.8) is 0 Å². The van der Waals surface area contributed by atoms with Crippen LogP contribution in [0.15, 0.2) is 64.0 Å². The number of rotatable bonds is 8. The van der Waals surface area contributed by atoms with E-state index >= 15 is 0 Å². The van der Waals surface area contributed by atoms with Crippen molar-refractivity contribution in [2.75, 3.05) is 6.61 Å². The highest BCUT2D eigenvalue weighted by atomic mass is 16.5. The zero-order valence-electron chi connectivity index (χ0n) is 14.2. The quantitative estimate of drug-likeness (QED) is 0.668. The standard InChI is InChI=1S/C18H21N3O4/c1-4-10-19-16(22)20(11-5-2)18(24)21(17(19)23)12-13-25-15-9-7-6-8-14(15)3/h4-9H,1-2,10-13H2,3H3. The molecule has 1 heterocycles. The molecule has 0 saturated heterocycles. The van der Waals surface area contributed by atoms with Gasteiger partial charge in [0.1, 0.15) is 12.4 Å². The van der Waals surface area contributed by atoms with Gasteiger partial charge in [-0.05, 0) is 18.6 Å². The van der Waals surface area contributed by atoms with Gasteiger partial charge in [0.25, 0.3) is 0 Å². The lowest BCUT2D eigenvalue weighted by molar-refractivity contribution is 0.285. The van der Waals surface area contributed by atoms with Gasteiger partial charge in [-0.25, -0.2) is 28.1 Å². The lowest BCUT2D eigenvalue weighted by Gasteiger charge is -2.13. The molecule has 2 rings (SSSR count). The van der Waals surface area contributed by atoms with Gasteiger partial charge in [0.15, 0.2) is 0 Å². The molecule has 0 aliphatic carbocycles. The summed E-state index contributed by atoms with van der Waals surface area (Å²) in [7, 11) is 0. The van der Waals surface area contributed by atoms with Gasteiger partial charge in [-0.1, -0.05) is 30.4 Å². The van der Waals surface area contributed by atoms with Crippen LogP contribution in [0, 0.1) is 6.92 Å². The largest absolute Gasteiger partial charge is 0.491 e. The van der Waals surface area contributed by atoms with Crippen molar-refractivity contribution in [2.24, 2.45) is 0 Å². The summed E-state index contributed by atoms with van der Waals surface area (Å²) < 4.78 is 8.57. The Balaban J connectivity index is 2.36. The molecule has 0 atom stereocenters. The van der Waals surface area contributed by atoms with Crippen LogP contribution in [-0.4, -0.2) is 20.3 Å². The lowest BCUT2D eigenvalue weighted by Crippen LogP contribution is -2.54. The number of para-hydroxylation sites is 1. The highest BCUT2D eigenvalue weighted by molar-refractivity contribution is 5.31. The van der Waals surface area contributed by atoms with Crippen LogP contribution < -0.4 is 21.8 Å². The molecular formula is C18H21N3O4. The van der Waals surface area contributed by atoms with Crippen LogP contribution in [0.25, 0.3) is 0 Å². The molecule has 0 aliphatic heterocycles. The van der Waals surface area contributed by atoms with Crippen LogP contribution in [0.3, 0.4) is 0 Å².